The molecule has 1 nitrogen and oxygen atoms in total. The molecule has 3 rings (SSSR count). The number of nitrogens with one attached hydrogen (secondary N) is 1. The summed E-state index contributed by atoms with van der Waals surface area (Å²) in [6, 6.07) is 11.5. The van der Waals surface area contributed by atoms with E-state index in [4.69, 9.17) is 0 Å². The lowest BCUT2D eigenvalue weighted by Gasteiger charge is -2.31. The molecular formula is C17H23N. The van der Waals surface area contributed by atoms with Crippen LogP contribution in [0.3, 0.4) is 0 Å². The van der Waals surface area contributed by atoms with Gasteiger partial charge in [0.25, 0.3) is 0 Å². The molecule has 96 valence electrons. The Morgan fingerprint density at radius 3 is 2.78 bits per heavy atom. The number of hydrogen-bond donors (Lipinski definition) is 1. The molecule has 0 radical (unpaired) electrons. The molecule has 1 fully saturated rings. The van der Waals surface area contributed by atoms with Crippen LogP contribution in [-0.4, -0.2) is 12.6 Å². The predicted octanol–water partition coefficient (Wildman–Crippen LogP) is 3.87. The topological polar surface area (TPSA) is 12.0 Å². The second-order valence-corrected chi connectivity index (χ2v) is 5.75. The molecule has 1 aromatic rings. The highest BCUT2D eigenvalue weighted by Gasteiger charge is 2.36. The van der Waals surface area contributed by atoms with Crippen LogP contribution >= 0.6 is 0 Å². The first-order valence-electron chi connectivity index (χ1n) is 7.39. The molecule has 2 aliphatic carbocycles. The molecule has 1 saturated carbocycles. The molecule has 2 aliphatic rings. The molecule has 18 heavy (non-hydrogen) atoms. The van der Waals surface area contributed by atoms with Crippen molar-refractivity contribution in [2.45, 2.75) is 38.6 Å². The molecule has 1 aromatic carbocycles. The maximum Gasteiger partial charge on any atom is 0.0351 e. The smallest absolute Gasteiger partial charge is 0.0351 e. The second-order valence-electron chi connectivity index (χ2n) is 5.75. The number of hydrogen-bond acceptors (Lipinski definition) is 1. The van der Waals surface area contributed by atoms with Gasteiger partial charge in [-0.1, -0.05) is 43.3 Å². The van der Waals surface area contributed by atoms with Crippen molar-refractivity contribution < 1.29 is 0 Å². The fraction of sp³-hybridized carbons (Fsp3) is 0.529. The molecule has 0 aliphatic heterocycles. The first-order chi connectivity index (χ1) is 8.88. The van der Waals surface area contributed by atoms with Gasteiger partial charge in [0.2, 0.25) is 0 Å². The van der Waals surface area contributed by atoms with Crippen molar-refractivity contribution in [1.29, 1.82) is 0 Å². The van der Waals surface area contributed by atoms with Crippen molar-refractivity contribution >= 4 is 5.57 Å². The Bertz CT molecular complexity index is 420. The highest BCUT2D eigenvalue weighted by molar-refractivity contribution is 5.71. The lowest BCUT2D eigenvalue weighted by Crippen LogP contribution is -2.38. The van der Waals surface area contributed by atoms with Crippen LogP contribution in [0.5, 0.6) is 0 Å². The summed E-state index contributed by atoms with van der Waals surface area (Å²) in [5, 5.41) is 3.78. The summed E-state index contributed by atoms with van der Waals surface area (Å²) in [7, 11) is 0. The average Bonchev–Trinajstić information content (AvgIpc) is 2.81. The summed E-state index contributed by atoms with van der Waals surface area (Å²) in [4.78, 5) is 0. The van der Waals surface area contributed by atoms with Crippen LogP contribution in [0.1, 0.15) is 38.2 Å². The molecule has 2 bridgehead atoms. The molecule has 1 N–H and O–H groups in total. The minimum Gasteiger partial charge on any atom is -0.310 e. The zero-order chi connectivity index (χ0) is 12.4. The summed E-state index contributed by atoms with van der Waals surface area (Å²) < 4.78 is 0. The van der Waals surface area contributed by atoms with Gasteiger partial charge in [0, 0.05) is 6.04 Å². The van der Waals surface area contributed by atoms with E-state index in [0.29, 0.717) is 6.04 Å². The Balaban J connectivity index is 1.89. The van der Waals surface area contributed by atoms with Gasteiger partial charge in [-0.3, -0.25) is 0 Å². The normalized spacial score (nSPS) is 30.3. The van der Waals surface area contributed by atoms with E-state index in [-0.39, 0.29) is 0 Å². The third-order valence-corrected chi connectivity index (χ3v) is 4.46. The van der Waals surface area contributed by atoms with Crippen LogP contribution in [0, 0.1) is 11.8 Å². The Hall–Kier alpha value is -1.08. The first kappa shape index (κ1) is 12.0. The average molecular weight is 241 g/mol. The summed E-state index contributed by atoms with van der Waals surface area (Å²) in [5.74, 6) is 1.70. The van der Waals surface area contributed by atoms with Crippen molar-refractivity contribution in [1.82, 2.24) is 5.32 Å². The van der Waals surface area contributed by atoms with Gasteiger partial charge in [-0.25, -0.2) is 0 Å². The molecule has 0 aromatic heterocycles. The van der Waals surface area contributed by atoms with E-state index in [2.05, 4.69) is 48.6 Å². The number of rotatable bonds is 4. The van der Waals surface area contributed by atoms with Crippen molar-refractivity contribution in [3.63, 3.8) is 0 Å². The minimum absolute atomic E-state index is 0.589. The van der Waals surface area contributed by atoms with E-state index in [1.54, 1.807) is 5.57 Å². The van der Waals surface area contributed by atoms with Crippen molar-refractivity contribution in [2.75, 3.05) is 6.54 Å². The lowest BCUT2D eigenvalue weighted by atomic mass is 9.81. The highest BCUT2D eigenvalue weighted by Crippen LogP contribution is 2.44. The zero-order valence-electron chi connectivity index (χ0n) is 11.2. The van der Waals surface area contributed by atoms with Crippen LogP contribution in [-0.2, 0) is 0 Å². The molecule has 0 saturated heterocycles. The van der Waals surface area contributed by atoms with E-state index >= 15 is 0 Å². The molecule has 1 heteroatoms. The van der Waals surface area contributed by atoms with Gasteiger partial charge < -0.3 is 5.32 Å². The lowest BCUT2D eigenvalue weighted by molar-refractivity contribution is 0.405. The fourth-order valence-corrected chi connectivity index (χ4v) is 3.60. The molecule has 0 unspecified atom stereocenters. The largest absolute Gasteiger partial charge is 0.310 e. The minimum atomic E-state index is 0.589. The monoisotopic (exact) mass is 241 g/mol. The molecule has 3 atom stereocenters. The SMILES string of the molecule is CCCN[C@@H]1C(c2ccccc2)=C[C@H]2CC[C@H]1C2. The van der Waals surface area contributed by atoms with E-state index in [1.807, 2.05) is 0 Å². The van der Waals surface area contributed by atoms with Gasteiger partial charge in [0.1, 0.15) is 0 Å². The van der Waals surface area contributed by atoms with Crippen LogP contribution in [0.4, 0.5) is 0 Å². The maximum absolute atomic E-state index is 3.78. The fourth-order valence-electron chi connectivity index (χ4n) is 3.60. The van der Waals surface area contributed by atoms with Crippen molar-refractivity contribution in [3.8, 4) is 0 Å². The van der Waals surface area contributed by atoms with Gasteiger partial charge in [-0.05, 0) is 55.2 Å². The molecule has 0 amide bonds. The van der Waals surface area contributed by atoms with E-state index in [1.165, 1.54) is 31.2 Å². The van der Waals surface area contributed by atoms with Gasteiger partial charge in [0.05, 0.1) is 0 Å². The summed E-state index contributed by atoms with van der Waals surface area (Å²) in [6.45, 7) is 3.38. The van der Waals surface area contributed by atoms with Gasteiger partial charge in [-0.2, -0.15) is 0 Å². The Labute approximate surface area is 110 Å². The Kier molecular flexibility index (Phi) is 3.51. The summed E-state index contributed by atoms with van der Waals surface area (Å²) >= 11 is 0. The number of fused-ring (bicyclic) bond motifs is 2. The molecular weight excluding hydrogens is 218 g/mol. The second kappa shape index (κ2) is 5.27. The number of benzene rings is 1. The zero-order valence-corrected chi connectivity index (χ0v) is 11.2. The molecule has 0 spiro atoms. The van der Waals surface area contributed by atoms with Crippen LogP contribution in [0.25, 0.3) is 5.57 Å². The van der Waals surface area contributed by atoms with Crippen LogP contribution in [0.15, 0.2) is 36.4 Å². The van der Waals surface area contributed by atoms with Crippen LogP contribution in [0.2, 0.25) is 0 Å². The maximum atomic E-state index is 3.78. The predicted molar refractivity (Wildman–Crippen MR) is 77.3 cm³/mol. The van der Waals surface area contributed by atoms with Crippen molar-refractivity contribution in [3.05, 3.63) is 42.0 Å². The standard InChI is InChI=1S/C17H23N/c1-2-10-18-17-15-9-8-13(11-15)12-16(17)14-6-4-3-5-7-14/h3-7,12-13,15,17-18H,2,8-11H2,1H3/t13-,15-,17-/m0/s1. The third kappa shape index (κ3) is 2.24. The highest BCUT2D eigenvalue weighted by atomic mass is 14.9. The third-order valence-electron chi connectivity index (χ3n) is 4.46. The summed E-state index contributed by atoms with van der Waals surface area (Å²) in [5.41, 5.74) is 2.98. The number of allylic oxidation sites excluding steroid dienone is 1. The first-order valence-corrected chi connectivity index (χ1v) is 7.39. The van der Waals surface area contributed by atoms with Crippen LogP contribution < -0.4 is 5.32 Å². The Morgan fingerprint density at radius 2 is 2.00 bits per heavy atom. The van der Waals surface area contributed by atoms with E-state index < -0.39 is 0 Å². The Morgan fingerprint density at radius 1 is 1.17 bits per heavy atom. The quantitative estimate of drug-likeness (QED) is 0.844. The summed E-state index contributed by atoms with van der Waals surface area (Å²) in [6.07, 6.45) is 7.96. The molecule has 0 heterocycles. The van der Waals surface area contributed by atoms with Crippen molar-refractivity contribution in [2.24, 2.45) is 11.8 Å². The van der Waals surface area contributed by atoms with Gasteiger partial charge in [0.15, 0.2) is 0 Å². The van der Waals surface area contributed by atoms with Gasteiger partial charge in [-0.15, -0.1) is 0 Å². The van der Waals surface area contributed by atoms with Gasteiger partial charge >= 0.3 is 0 Å². The van der Waals surface area contributed by atoms with E-state index in [0.717, 1.165) is 18.4 Å². The van der Waals surface area contributed by atoms with E-state index in [9.17, 15) is 0 Å².